The van der Waals surface area contributed by atoms with Gasteiger partial charge in [-0.1, -0.05) is 0 Å². The number of aliphatic hydroxyl groups excluding tert-OH is 1. The number of phenolic OH excluding ortho intramolecular Hbond substituents is 1. The van der Waals surface area contributed by atoms with Gasteiger partial charge in [-0.05, 0) is 28.8 Å². The van der Waals surface area contributed by atoms with Crippen LogP contribution < -0.4 is 4.74 Å². The summed E-state index contributed by atoms with van der Waals surface area (Å²) < 4.78 is 18.7. The maximum absolute atomic E-state index is 13.6. The predicted octanol–water partition coefficient (Wildman–Crippen LogP) is 2.23. The van der Waals surface area contributed by atoms with E-state index < -0.39 is 5.82 Å². The minimum Gasteiger partial charge on any atom is -0.504 e. The van der Waals surface area contributed by atoms with Crippen LogP contribution in [0.15, 0.2) is 10.5 Å². The Morgan fingerprint density at radius 3 is 2.73 bits per heavy atom. The molecule has 0 aliphatic carbocycles. The summed E-state index contributed by atoms with van der Waals surface area (Å²) in [5.41, 5.74) is 0.162. The highest BCUT2D eigenvalue weighted by molar-refractivity contribution is 9.10. The zero-order valence-corrected chi connectivity index (χ0v) is 9.84. The van der Waals surface area contributed by atoms with Gasteiger partial charge in [0.05, 0.1) is 11.6 Å². The summed E-state index contributed by atoms with van der Waals surface area (Å²) in [7, 11) is 1.40. The lowest BCUT2D eigenvalue weighted by atomic mass is 10.1. The Labute approximate surface area is 95.6 Å². The molecule has 0 aliphatic heterocycles. The van der Waals surface area contributed by atoms with Crippen molar-refractivity contribution in [1.82, 2.24) is 0 Å². The van der Waals surface area contributed by atoms with Crippen LogP contribution in [0, 0.1) is 5.82 Å². The monoisotopic (exact) mass is 278 g/mol. The van der Waals surface area contributed by atoms with Crippen LogP contribution in [0.3, 0.4) is 0 Å². The highest BCUT2D eigenvalue weighted by atomic mass is 79.9. The molecule has 1 aromatic carbocycles. The van der Waals surface area contributed by atoms with Crippen LogP contribution >= 0.6 is 15.9 Å². The number of phenols is 1. The fourth-order valence-electron chi connectivity index (χ4n) is 1.28. The topological polar surface area (TPSA) is 49.7 Å². The van der Waals surface area contributed by atoms with Crippen molar-refractivity contribution < 1.29 is 19.3 Å². The molecule has 0 unspecified atom stereocenters. The van der Waals surface area contributed by atoms with Gasteiger partial charge in [0.1, 0.15) is 5.82 Å². The molecular formula is C10H12BrFO3. The second-order valence-corrected chi connectivity index (χ2v) is 3.88. The fourth-order valence-corrected chi connectivity index (χ4v) is 1.73. The van der Waals surface area contributed by atoms with E-state index in [1.807, 2.05) is 0 Å². The van der Waals surface area contributed by atoms with E-state index in [-0.39, 0.29) is 34.6 Å². The molecule has 15 heavy (non-hydrogen) atoms. The zero-order chi connectivity index (χ0) is 11.4. The number of rotatable bonds is 4. The summed E-state index contributed by atoms with van der Waals surface area (Å²) in [6.07, 6.45) is 0.661. The average molecular weight is 279 g/mol. The summed E-state index contributed by atoms with van der Waals surface area (Å²) in [6, 6.07) is 1.37. The van der Waals surface area contributed by atoms with Gasteiger partial charge in [0.15, 0.2) is 11.5 Å². The second-order valence-electron chi connectivity index (χ2n) is 3.03. The number of hydrogen-bond donors (Lipinski definition) is 2. The first-order valence-corrected chi connectivity index (χ1v) is 5.25. The molecule has 0 amide bonds. The zero-order valence-electron chi connectivity index (χ0n) is 8.26. The molecule has 0 aliphatic rings. The van der Waals surface area contributed by atoms with Gasteiger partial charge >= 0.3 is 0 Å². The summed E-state index contributed by atoms with van der Waals surface area (Å²) in [5, 5.41) is 18.3. The highest BCUT2D eigenvalue weighted by Crippen LogP contribution is 2.36. The Balaban J connectivity index is 3.15. The van der Waals surface area contributed by atoms with Crippen molar-refractivity contribution in [3.8, 4) is 11.5 Å². The van der Waals surface area contributed by atoms with Crippen LogP contribution in [0.2, 0.25) is 0 Å². The van der Waals surface area contributed by atoms with Gasteiger partial charge in [-0.15, -0.1) is 0 Å². The van der Waals surface area contributed by atoms with Crippen LogP contribution in [0.25, 0.3) is 0 Å². The fraction of sp³-hybridized carbons (Fsp3) is 0.400. The van der Waals surface area contributed by atoms with Gasteiger partial charge in [-0.2, -0.15) is 0 Å². The van der Waals surface area contributed by atoms with Gasteiger partial charge in [0, 0.05) is 18.2 Å². The Kier molecular flexibility index (Phi) is 4.35. The van der Waals surface area contributed by atoms with Crippen molar-refractivity contribution in [3.63, 3.8) is 0 Å². The molecule has 0 fully saturated rings. The maximum Gasteiger partial charge on any atom is 0.163 e. The van der Waals surface area contributed by atoms with Crippen molar-refractivity contribution in [2.24, 2.45) is 0 Å². The smallest absolute Gasteiger partial charge is 0.163 e. The molecular weight excluding hydrogens is 267 g/mol. The highest BCUT2D eigenvalue weighted by Gasteiger charge is 2.16. The van der Waals surface area contributed by atoms with Gasteiger partial charge in [0.25, 0.3) is 0 Å². The number of methoxy groups -OCH3 is 1. The van der Waals surface area contributed by atoms with Gasteiger partial charge < -0.3 is 14.9 Å². The number of halogens is 2. The molecule has 1 rings (SSSR count). The third-order valence-electron chi connectivity index (χ3n) is 2.06. The SMILES string of the molecule is COc1cc(Br)c(F)c(CCCO)c1O. The van der Waals surface area contributed by atoms with E-state index in [9.17, 15) is 9.50 Å². The van der Waals surface area contributed by atoms with Crippen molar-refractivity contribution in [1.29, 1.82) is 0 Å². The van der Waals surface area contributed by atoms with Crippen molar-refractivity contribution in [2.45, 2.75) is 12.8 Å². The Bertz CT molecular complexity index is 355. The van der Waals surface area contributed by atoms with E-state index in [1.165, 1.54) is 13.2 Å². The van der Waals surface area contributed by atoms with E-state index in [0.29, 0.717) is 6.42 Å². The lowest BCUT2D eigenvalue weighted by molar-refractivity contribution is 0.286. The normalized spacial score (nSPS) is 10.4. The van der Waals surface area contributed by atoms with Crippen LogP contribution in [-0.4, -0.2) is 23.9 Å². The average Bonchev–Trinajstić information content (AvgIpc) is 2.23. The minimum absolute atomic E-state index is 0.0479. The van der Waals surface area contributed by atoms with Crippen molar-refractivity contribution in [2.75, 3.05) is 13.7 Å². The maximum atomic E-state index is 13.6. The first kappa shape index (κ1) is 12.3. The third kappa shape index (κ3) is 2.60. The molecule has 0 heterocycles. The molecule has 0 radical (unpaired) electrons. The number of ether oxygens (including phenoxy) is 1. The lowest BCUT2D eigenvalue weighted by Crippen LogP contribution is -1.97. The molecule has 0 bridgehead atoms. The molecule has 0 saturated carbocycles. The third-order valence-corrected chi connectivity index (χ3v) is 2.63. The molecule has 0 saturated heterocycles. The lowest BCUT2D eigenvalue weighted by Gasteiger charge is -2.11. The predicted molar refractivity (Wildman–Crippen MR) is 57.7 cm³/mol. The molecule has 0 aromatic heterocycles. The van der Waals surface area contributed by atoms with Gasteiger partial charge in [-0.3, -0.25) is 0 Å². The largest absolute Gasteiger partial charge is 0.504 e. The van der Waals surface area contributed by atoms with Crippen LogP contribution in [0.5, 0.6) is 11.5 Å². The summed E-state index contributed by atoms with van der Waals surface area (Å²) in [4.78, 5) is 0. The van der Waals surface area contributed by atoms with Crippen molar-refractivity contribution >= 4 is 15.9 Å². The van der Waals surface area contributed by atoms with E-state index in [1.54, 1.807) is 0 Å². The molecule has 0 spiro atoms. The number of hydrogen-bond acceptors (Lipinski definition) is 3. The second kappa shape index (κ2) is 5.32. The van der Waals surface area contributed by atoms with Crippen LogP contribution in [0.4, 0.5) is 4.39 Å². The van der Waals surface area contributed by atoms with E-state index in [4.69, 9.17) is 9.84 Å². The number of benzene rings is 1. The van der Waals surface area contributed by atoms with Gasteiger partial charge in [0.2, 0.25) is 0 Å². The molecule has 5 heteroatoms. The Morgan fingerprint density at radius 2 is 2.20 bits per heavy atom. The summed E-state index contributed by atoms with van der Waals surface area (Å²) in [5.74, 6) is -0.496. The number of aliphatic hydroxyl groups is 1. The van der Waals surface area contributed by atoms with E-state index in [2.05, 4.69) is 15.9 Å². The molecule has 1 aromatic rings. The molecule has 84 valence electrons. The molecule has 3 nitrogen and oxygen atoms in total. The molecule has 2 N–H and O–H groups in total. The first-order chi connectivity index (χ1) is 7.11. The summed E-state index contributed by atoms with van der Waals surface area (Å²) in [6.45, 7) is -0.0479. The Morgan fingerprint density at radius 1 is 1.53 bits per heavy atom. The van der Waals surface area contributed by atoms with E-state index in [0.717, 1.165) is 0 Å². The van der Waals surface area contributed by atoms with Crippen LogP contribution in [0.1, 0.15) is 12.0 Å². The van der Waals surface area contributed by atoms with E-state index >= 15 is 0 Å². The van der Waals surface area contributed by atoms with Gasteiger partial charge in [-0.25, -0.2) is 4.39 Å². The summed E-state index contributed by atoms with van der Waals surface area (Å²) >= 11 is 3.04. The van der Waals surface area contributed by atoms with Crippen molar-refractivity contribution in [3.05, 3.63) is 21.9 Å². The quantitative estimate of drug-likeness (QED) is 0.888. The van der Waals surface area contributed by atoms with Crippen LogP contribution in [-0.2, 0) is 6.42 Å². The minimum atomic E-state index is -0.512. The first-order valence-electron chi connectivity index (χ1n) is 4.46. The molecule has 0 atom stereocenters. The number of aromatic hydroxyl groups is 1. The standard InChI is InChI=1S/C10H12BrFO3/c1-15-8-5-7(11)9(12)6(10(8)14)3-2-4-13/h5,13-14H,2-4H2,1H3. The Hall–Kier alpha value is -0.810.